The molecule has 1 aliphatic heterocycles. The van der Waals surface area contributed by atoms with Crippen molar-refractivity contribution in [3.63, 3.8) is 0 Å². The lowest BCUT2D eigenvalue weighted by molar-refractivity contribution is 0.0923. The van der Waals surface area contributed by atoms with E-state index < -0.39 is 0 Å². The Morgan fingerprint density at radius 1 is 1.50 bits per heavy atom. The molecule has 0 aliphatic carbocycles. The number of halogens is 1. The number of carbonyl (C=O) groups excluding carboxylic acids is 1. The first-order valence-electron chi connectivity index (χ1n) is 3.80. The molecule has 0 radical (unpaired) electrons. The molecule has 0 atom stereocenters. The summed E-state index contributed by atoms with van der Waals surface area (Å²) in [7, 11) is 0. The molecule has 0 spiro atoms. The van der Waals surface area contributed by atoms with Gasteiger partial charge in [-0.25, -0.2) is 0 Å². The zero-order chi connectivity index (χ0) is 9.97. The van der Waals surface area contributed by atoms with Crippen molar-refractivity contribution in [2.45, 2.75) is 0 Å². The Morgan fingerprint density at radius 2 is 2.29 bits per heavy atom. The average Bonchev–Trinajstić information content (AvgIpc) is 2.23. The first-order valence-corrected chi connectivity index (χ1v) is 5.97. The molecule has 0 fully saturated rings. The Labute approximate surface area is 95.2 Å². The Balaban J connectivity index is 2.27. The van der Waals surface area contributed by atoms with Crippen molar-refractivity contribution in [2.75, 3.05) is 5.21 Å². The van der Waals surface area contributed by atoms with Crippen LogP contribution in [-0.4, -0.2) is 14.8 Å². The first kappa shape index (κ1) is 10.0. The summed E-state index contributed by atoms with van der Waals surface area (Å²) in [6, 6.07) is 7.14. The van der Waals surface area contributed by atoms with Crippen LogP contribution in [0.5, 0.6) is 5.75 Å². The summed E-state index contributed by atoms with van der Waals surface area (Å²) < 4.78 is 6.73. The van der Waals surface area contributed by atoms with Crippen LogP contribution in [0.25, 0.3) is 0 Å². The molecule has 1 aromatic rings. The van der Waals surface area contributed by atoms with E-state index in [1.807, 2.05) is 6.07 Å². The van der Waals surface area contributed by atoms with Crippen molar-refractivity contribution >= 4 is 41.7 Å². The molecular formula is C8H6ClNO2S2. The van der Waals surface area contributed by atoms with Gasteiger partial charge in [-0.1, -0.05) is 12.1 Å². The van der Waals surface area contributed by atoms with Crippen molar-refractivity contribution in [3.8, 4) is 5.75 Å². The number of nitrogens with zero attached hydrogens (tertiary/aromatic N) is 1. The molecule has 0 bridgehead atoms. The lowest BCUT2D eigenvalue weighted by Crippen LogP contribution is -2.23. The van der Waals surface area contributed by atoms with Crippen molar-refractivity contribution < 1.29 is 8.98 Å². The van der Waals surface area contributed by atoms with Gasteiger partial charge in [0.25, 0.3) is 5.91 Å². The third kappa shape index (κ3) is 1.80. The smallest absolute Gasteiger partial charge is 0.280 e. The molecule has 0 unspecified atom stereocenters. The highest BCUT2D eigenvalue weighted by atomic mass is 35.5. The predicted molar refractivity (Wildman–Crippen MR) is 59.1 cm³/mol. The molecular weight excluding hydrogens is 242 g/mol. The fourth-order valence-corrected chi connectivity index (χ4v) is 2.70. The highest BCUT2D eigenvalue weighted by molar-refractivity contribution is 8.11. The summed E-state index contributed by atoms with van der Waals surface area (Å²) in [5.41, 5.74) is 0.573. The number of alkyl halides is 1. The standard InChI is InChI=1S/C8H6ClNO2S2/c9-5-13-10-8(11)6-3-1-2-4-7(6)12-14-10/h1-4H,5H2. The van der Waals surface area contributed by atoms with Crippen LogP contribution in [-0.2, 0) is 0 Å². The molecule has 0 N–H and O–H groups in total. The predicted octanol–water partition coefficient (Wildman–Crippen LogP) is 2.93. The summed E-state index contributed by atoms with van der Waals surface area (Å²) >= 11 is 7.74. The molecule has 1 aliphatic rings. The van der Waals surface area contributed by atoms with Crippen molar-refractivity contribution in [1.29, 1.82) is 0 Å². The van der Waals surface area contributed by atoms with Crippen molar-refractivity contribution in [2.24, 2.45) is 0 Å². The normalized spacial score (nSPS) is 14.9. The van der Waals surface area contributed by atoms with Crippen LogP contribution in [0.1, 0.15) is 10.4 Å². The summed E-state index contributed by atoms with van der Waals surface area (Å²) in [6.45, 7) is 0. The van der Waals surface area contributed by atoms with Gasteiger partial charge in [0.05, 0.1) is 10.8 Å². The SMILES string of the molecule is O=C1c2ccccc2OSN1SCCl. The summed E-state index contributed by atoms with van der Waals surface area (Å²) in [5, 5.41) is 0.324. The zero-order valence-electron chi connectivity index (χ0n) is 6.97. The largest absolute Gasteiger partial charge is 0.404 e. The monoisotopic (exact) mass is 247 g/mol. The van der Waals surface area contributed by atoms with Gasteiger partial charge in [-0.15, -0.1) is 11.6 Å². The highest BCUT2D eigenvalue weighted by Gasteiger charge is 2.27. The number of benzene rings is 1. The maximum Gasteiger partial charge on any atom is 0.280 e. The lowest BCUT2D eigenvalue weighted by Gasteiger charge is -2.23. The molecule has 74 valence electrons. The minimum atomic E-state index is -0.0810. The molecule has 0 saturated heterocycles. The minimum absolute atomic E-state index is 0.0810. The maximum atomic E-state index is 11.8. The number of fused-ring (bicyclic) bond motifs is 1. The molecule has 2 rings (SSSR count). The van der Waals surface area contributed by atoms with Crippen LogP contribution in [0.15, 0.2) is 24.3 Å². The van der Waals surface area contributed by atoms with Crippen LogP contribution >= 0.6 is 35.8 Å². The van der Waals surface area contributed by atoms with E-state index in [-0.39, 0.29) is 5.91 Å². The van der Waals surface area contributed by atoms with E-state index in [0.717, 1.165) is 12.2 Å². The van der Waals surface area contributed by atoms with Gasteiger partial charge in [0.2, 0.25) is 0 Å². The van der Waals surface area contributed by atoms with E-state index in [9.17, 15) is 4.79 Å². The van der Waals surface area contributed by atoms with Crippen LogP contribution < -0.4 is 4.18 Å². The van der Waals surface area contributed by atoms with Crippen LogP contribution in [0.3, 0.4) is 0 Å². The number of rotatable bonds is 2. The lowest BCUT2D eigenvalue weighted by atomic mass is 10.2. The zero-order valence-corrected chi connectivity index (χ0v) is 9.36. The summed E-state index contributed by atoms with van der Waals surface area (Å²) in [5.74, 6) is 0.524. The quantitative estimate of drug-likeness (QED) is 0.457. The summed E-state index contributed by atoms with van der Waals surface area (Å²) in [4.78, 5) is 11.8. The molecule has 3 nitrogen and oxygen atoms in total. The highest BCUT2D eigenvalue weighted by Crippen LogP contribution is 2.36. The second-order valence-electron chi connectivity index (χ2n) is 2.45. The van der Waals surface area contributed by atoms with Gasteiger partial charge in [0.1, 0.15) is 0 Å². The van der Waals surface area contributed by atoms with Gasteiger partial charge in [0.15, 0.2) is 18.0 Å². The minimum Gasteiger partial charge on any atom is -0.404 e. The number of hydrogen-bond acceptors (Lipinski definition) is 4. The van der Waals surface area contributed by atoms with Gasteiger partial charge in [-0.2, -0.15) is 3.71 Å². The Hall–Kier alpha value is -0.520. The van der Waals surface area contributed by atoms with Gasteiger partial charge >= 0.3 is 0 Å². The number of amides is 1. The van der Waals surface area contributed by atoms with Crippen LogP contribution in [0.4, 0.5) is 0 Å². The number of hydrogen-bond donors (Lipinski definition) is 0. The third-order valence-corrected chi connectivity index (χ3v) is 3.49. The van der Waals surface area contributed by atoms with Gasteiger partial charge in [-0.05, 0) is 24.1 Å². The van der Waals surface area contributed by atoms with Gasteiger partial charge in [0, 0.05) is 0 Å². The first-order chi connectivity index (χ1) is 6.83. The van der Waals surface area contributed by atoms with E-state index in [4.69, 9.17) is 15.8 Å². The Morgan fingerprint density at radius 3 is 3.07 bits per heavy atom. The topological polar surface area (TPSA) is 29.5 Å². The van der Waals surface area contributed by atoms with Crippen LogP contribution in [0, 0.1) is 0 Å². The molecule has 1 heterocycles. The van der Waals surface area contributed by atoms with Gasteiger partial charge < -0.3 is 4.18 Å². The molecule has 0 aromatic heterocycles. The molecule has 14 heavy (non-hydrogen) atoms. The van der Waals surface area contributed by atoms with E-state index in [1.165, 1.54) is 15.7 Å². The fraction of sp³-hybridized carbons (Fsp3) is 0.125. The van der Waals surface area contributed by atoms with Crippen molar-refractivity contribution in [1.82, 2.24) is 3.71 Å². The molecule has 0 saturated carbocycles. The van der Waals surface area contributed by atoms with E-state index >= 15 is 0 Å². The van der Waals surface area contributed by atoms with E-state index in [0.29, 0.717) is 16.5 Å². The van der Waals surface area contributed by atoms with E-state index in [1.54, 1.807) is 18.2 Å². The average molecular weight is 248 g/mol. The molecule has 6 heteroatoms. The number of carbonyl (C=O) groups is 1. The van der Waals surface area contributed by atoms with Crippen molar-refractivity contribution in [3.05, 3.63) is 29.8 Å². The second-order valence-corrected chi connectivity index (χ2v) is 4.86. The molecule has 1 aromatic carbocycles. The second kappa shape index (κ2) is 4.33. The van der Waals surface area contributed by atoms with Crippen LogP contribution in [0.2, 0.25) is 0 Å². The molecule has 1 amide bonds. The Bertz CT molecular complexity index is 361. The Kier molecular flexibility index (Phi) is 3.10. The summed E-state index contributed by atoms with van der Waals surface area (Å²) in [6.07, 6.45) is 0. The fourth-order valence-electron chi connectivity index (χ4n) is 1.05. The van der Waals surface area contributed by atoms with Gasteiger partial charge in [-0.3, -0.25) is 4.79 Å². The van der Waals surface area contributed by atoms with E-state index in [2.05, 4.69) is 0 Å². The third-order valence-electron chi connectivity index (χ3n) is 1.64. The number of para-hydroxylation sites is 1. The maximum absolute atomic E-state index is 11.8.